The SMILES string of the molecule is COc1cc2cc(C(=O)Nc3cc(C(=O)NCCc4ccccc4N)ccc3C)c(=O)[nH]c2cc1OC. The monoisotopic (exact) mass is 500 g/mol. The summed E-state index contributed by atoms with van der Waals surface area (Å²) in [6.07, 6.45) is 0.593. The normalized spacial score (nSPS) is 10.7. The predicted octanol–water partition coefficient (Wildman–Crippen LogP) is 3.66. The van der Waals surface area contributed by atoms with Gasteiger partial charge in [0.1, 0.15) is 5.56 Å². The first kappa shape index (κ1) is 25.3. The van der Waals surface area contributed by atoms with E-state index in [1.54, 1.807) is 37.3 Å². The lowest BCUT2D eigenvalue weighted by Crippen LogP contribution is -2.26. The molecule has 0 saturated carbocycles. The van der Waals surface area contributed by atoms with Gasteiger partial charge in [-0.2, -0.15) is 0 Å². The average Bonchev–Trinajstić information content (AvgIpc) is 2.89. The fraction of sp³-hybridized carbons (Fsp3) is 0.179. The lowest BCUT2D eigenvalue weighted by atomic mass is 10.1. The van der Waals surface area contributed by atoms with E-state index >= 15 is 0 Å². The number of ether oxygens (including phenoxy) is 2. The molecule has 0 aliphatic rings. The number of nitrogen functional groups attached to an aromatic ring is 1. The fourth-order valence-electron chi connectivity index (χ4n) is 3.96. The van der Waals surface area contributed by atoms with Gasteiger partial charge in [-0.3, -0.25) is 14.4 Å². The molecule has 9 heteroatoms. The van der Waals surface area contributed by atoms with Crippen molar-refractivity contribution >= 4 is 34.1 Å². The number of anilines is 2. The molecule has 37 heavy (non-hydrogen) atoms. The van der Waals surface area contributed by atoms with Crippen molar-refractivity contribution < 1.29 is 19.1 Å². The van der Waals surface area contributed by atoms with Crippen molar-refractivity contribution in [3.8, 4) is 11.5 Å². The topological polar surface area (TPSA) is 136 Å². The Labute approximate surface area is 213 Å². The number of aromatic nitrogens is 1. The summed E-state index contributed by atoms with van der Waals surface area (Å²) >= 11 is 0. The lowest BCUT2D eigenvalue weighted by molar-refractivity contribution is 0.0952. The van der Waals surface area contributed by atoms with Crippen LogP contribution >= 0.6 is 0 Å². The molecule has 0 aliphatic heterocycles. The molecule has 0 unspecified atom stereocenters. The number of nitrogens with two attached hydrogens (primary N) is 1. The minimum Gasteiger partial charge on any atom is -0.493 e. The van der Waals surface area contributed by atoms with Gasteiger partial charge >= 0.3 is 0 Å². The van der Waals surface area contributed by atoms with Gasteiger partial charge in [-0.1, -0.05) is 24.3 Å². The molecule has 2 amide bonds. The summed E-state index contributed by atoms with van der Waals surface area (Å²) < 4.78 is 10.6. The van der Waals surface area contributed by atoms with E-state index in [-0.39, 0.29) is 11.5 Å². The standard InChI is InChI=1S/C28H28N4O5/c1-16-8-9-18(26(33)30-11-10-17-6-4-5-7-21(17)29)13-22(16)31-27(34)20-12-19-14-24(36-2)25(37-3)15-23(19)32-28(20)35/h4-9,12-15H,10-11,29H2,1-3H3,(H,30,33)(H,31,34)(H,32,35). The number of aromatic amines is 1. The van der Waals surface area contributed by atoms with Gasteiger partial charge in [-0.25, -0.2) is 0 Å². The smallest absolute Gasteiger partial charge is 0.261 e. The maximum Gasteiger partial charge on any atom is 0.261 e. The Morgan fingerprint density at radius 1 is 0.946 bits per heavy atom. The van der Waals surface area contributed by atoms with Gasteiger partial charge in [0, 0.05) is 34.9 Å². The zero-order valence-corrected chi connectivity index (χ0v) is 20.8. The number of nitrogens with one attached hydrogen (secondary N) is 3. The van der Waals surface area contributed by atoms with Crippen molar-refractivity contribution in [2.24, 2.45) is 0 Å². The highest BCUT2D eigenvalue weighted by Gasteiger charge is 2.16. The number of hydrogen-bond acceptors (Lipinski definition) is 6. The first-order valence-electron chi connectivity index (χ1n) is 11.6. The van der Waals surface area contributed by atoms with Crippen LogP contribution in [-0.4, -0.2) is 37.6 Å². The highest BCUT2D eigenvalue weighted by Crippen LogP contribution is 2.31. The second kappa shape index (κ2) is 10.9. The van der Waals surface area contributed by atoms with Crippen LogP contribution in [0.3, 0.4) is 0 Å². The van der Waals surface area contributed by atoms with Crippen molar-refractivity contribution in [2.45, 2.75) is 13.3 Å². The van der Waals surface area contributed by atoms with E-state index in [9.17, 15) is 14.4 Å². The Balaban J connectivity index is 1.51. The van der Waals surface area contributed by atoms with Crippen LogP contribution in [-0.2, 0) is 6.42 Å². The molecule has 3 aromatic carbocycles. The van der Waals surface area contributed by atoms with Crippen molar-refractivity contribution in [2.75, 3.05) is 31.8 Å². The molecule has 0 bridgehead atoms. The number of H-pyrrole nitrogens is 1. The number of aryl methyl sites for hydroxylation is 1. The van der Waals surface area contributed by atoms with Crippen LogP contribution in [0.1, 0.15) is 31.8 Å². The second-order valence-corrected chi connectivity index (χ2v) is 8.50. The third kappa shape index (κ3) is 5.56. The molecule has 190 valence electrons. The van der Waals surface area contributed by atoms with Crippen LogP contribution in [0.4, 0.5) is 11.4 Å². The zero-order valence-electron chi connectivity index (χ0n) is 20.8. The van der Waals surface area contributed by atoms with E-state index in [4.69, 9.17) is 15.2 Å². The van der Waals surface area contributed by atoms with Crippen LogP contribution in [0.25, 0.3) is 10.9 Å². The Hall–Kier alpha value is -4.79. The largest absolute Gasteiger partial charge is 0.493 e. The summed E-state index contributed by atoms with van der Waals surface area (Å²) in [5, 5.41) is 6.23. The minimum atomic E-state index is -0.599. The van der Waals surface area contributed by atoms with E-state index in [1.807, 2.05) is 24.3 Å². The van der Waals surface area contributed by atoms with E-state index < -0.39 is 11.5 Å². The van der Waals surface area contributed by atoms with Crippen LogP contribution in [0.15, 0.2) is 65.5 Å². The van der Waals surface area contributed by atoms with Gasteiger partial charge < -0.3 is 30.8 Å². The molecule has 0 aliphatic carbocycles. The maximum atomic E-state index is 13.1. The summed E-state index contributed by atoms with van der Waals surface area (Å²) in [7, 11) is 3.01. The van der Waals surface area contributed by atoms with Crippen molar-refractivity contribution in [3.05, 3.63) is 93.3 Å². The average molecular weight is 501 g/mol. The van der Waals surface area contributed by atoms with Crippen molar-refractivity contribution in [3.63, 3.8) is 0 Å². The van der Waals surface area contributed by atoms with Gasteiger partial charge in [0.15, 0.2) is 11.5 Å². The van der Waals surface area contributed by atoms with Gasteiger partial charge in [0.2, 0.25) is 0 Å². The van der Waals surface area contributed by atoms with Crippen LogP contribution < -0.4 is 31.4 Å². The third-order valence-electron chi connectivity index (χ3n) is 6.08. The predicted molar refractivity (Wildman–Crippen MR) is 144 cm³/mol. The summed E-state index contributed by atoms with van der Waals surface area (Å²) in [4.78, 5) is 41.2. The number of carbonyl (C=O) groups excluding carboxylic acids is 2. The fourth-order valence-corrected chi connectivity index (χ4v) is 3.96. The number of pyridine rings is 1. The number of methoxy groups -OCH3 is 2. The number of benzene rings is 3. The molecule has 5 N–H and O–H groups in total. The number of para-hydroxylation sites is 1. The minimum absolute atomic E-state index is 0.0746. The van der Waals surface area contributed by atoms with Crippen molar-refractivity contribution in [1.82, 2.24) is 10.3 Å². The highest BCUT2D eigenvalue weighted by atomic mass is 16.5. The summed E-state index contributed by atoms with van der Waals surface area (Å²) in [6.45, 7) is 2.21. The Kier molecular flexibility index (Phi) is 7.43. The Bertz CT molecular complexity index is 1540. The van der Waals surface area contributed by atoms with Crippen molar-refractivity contribution in [1.29, 1.82) is 0 Å². The molecule has 0 spiro atoms. The zero-order chi connectivity index (χ0) is 26.5. The molecule has 0 saturated heterocycles. The number of carbonyl (C=O) groups is 2. The van der Waals surface area contributed by atoms with E-state index in [2.05, 4.69) is 15.6 Å². The van der Waals surface area contributed by atoms with E-state index in [1.165, 1.54) is 20.3 Å². The van der Waals surface area contributed by atoms with Gasteiger partial charge in [-0.15, -0.1) is 0 Å². The van der Waals surface area contributed by atoms with Gasteiger partial charge in [0.25, 0.3) is 17.4 Å². The molecular formula is C28H28N4O5. The number of hydrogen-bond donors (Lipinski definition) is 4. The lowest BCUT2D eigenvalue weighted by Gasteiger charge is -2.12. The van der Waals surface area contributed by atoms with Crippen LogP contribution in [0, 0.1) is 6.92 Å². The highest BCUT2D eigenvalue weighted by molar-refractivity contribution is 6.07. The quantitative estimate of drug-likeness (QED) is 0.273. The molecule has 1 aromatic heterocycles. The molecule has 0 fully saturated rings. The van der Waals surface area contributed by atoms with Gasteiger partial charge in [0.05, 0.1) is 19.7 Å². The molecule has 4 aromatic rings. The maximum absolute atomic E-state index is 13.1. The number of amides is 2. The van der Waals surface area contributed by atoms with Crippen LogP contribution in [0.2, 0.25) is 0 Å². The first-order chi connectivity index (χ1) is 17.8. The van der Waals surface area contributed by atoms with Crippen LogP contribution in [0.5, 0.6) is 11.5 Å². The summed E-state index contributed by atoms with van der Waals surface area (Å²) in [5.41, 5.74) is 9.02. The van der Waals surface area contributed by atoms with Gasteiger partial charge in [-0.05, 0) is 54.8 Å². The first-order valence-corrected chi connectivity index (χ1v) is 11.6. The molecule has 4 rings (SSSR count). The number of fused-ring (bicyclic) bond motifs is 1. The van der Waals surface area contributed by atoms with E-state index in [0.717, 1.165) is 11.1 Å². The molecule has 1 heterocycles. The molecule has 0 radical (unpaired) electrons. The third-order valence-corrected chi connectivity index (χ3v) is 6.08. The Morgan fingerprint density at radius 2 is 1.68 bits per heavy atom. The molecule has 9 nitrogen and oxygen atoms in total. The Morgan fingerprint density at radius 3 is 2.41 bits per heavy atom. The van der Waals surface area contributed by atoms with E-state index in [0.29, 0.717) is 52.3 Å². The number of rotatable bonds is 8. The summed E-state index contributed by atoms with van der Waals surface area (Å²) in [6, 6.07) is 17.3. The molecular weight excluding hydrogens is 472 g/mol. The second-order valence-electron chi connectivity index (χ2n) is 8.50. The summed E-state index contributed by atoms with van der Waals surface area (Å²) in [5.74, 6) is 0.0477. The molecule has 0 atom stereocenters.